The third-order valence-corrected chi connectivity index (χ3v) is 6.22. The van der Waals surface area contributed by atoms with E-state index in [1.165, 1.54) is 30.4 Å². The summed E-state index contributed by atoms with van der Waals surface area (Å²) in [7, 11) is -4.47. The number of benzene rings is 1. The first-order chi connectivity index (χ1) is 10.5. The van der Waals surface area contributed by atoms with Gasteiger partial charge in [-0.1, -0.05) is 18.9 Å². The van der Waals surface area contributed by atoms with Crippen molar-refractivity contribution < 1.29 is 17.2 Å². The lowest BCUT2D eigenvalue weighted by molar-refractivity contribution is 0.0796. The van der Waals surface area contributed by atoms with Crippen LogP contribution in [0.5, 0.6) is 5.75 Å². The van der Waals surface area contributed by atoms with Gasteiger partial charge in [0, 0.05) is 11.5 Å². The van der Waals surface area contributed by atoms with Crippen LogP contribution in [0.15, 0.2) is 18.2 Å². The topological polar surface area (TPSA) is 75.6 Å². The van der Waals surface area contributed by atoms with E-state index in [-0.39, 0.29) is 11.2 Å². The minimum Gasteiger partial charge on any atom is -0.362 e. The van der Waals surface area contributed by atoms with Crippen LogP contribution in [-0.2, 0) is 22.2 Å². The summed E-state index contributed by atoms with van der Waals surface area (Å²) in [6.07, 6.45) is 7.00. The van der Waals surface area contributed by atoms with Gasteiger partial charge < -0.3 is 9.50 Å². The second-order valence-electron chi connectivity index (χ2n) is 6.85. The largest absolute Gasteiger partial charge is 0.446 e. The van der Waals surface area contributed by atoms with E-state index in [2.05, 4.69) is 5.32 Å². The lowest BCUT2D eigenvalue weighted by Gasteiger charge is -2.56. The van der Waals surface area contributed by atoms with Crippen LogP contribution >= 0.6 is 0 Å². The molecule has 1 aromatic carbocycles. The van der Waals surface area contributed by atoms with Crippen molar-refractivity contribution in [2.75, 3.05) is 6.54 Å². The van der Waals surface area contributed by atoms with Crippen molar-refractivity contribution in [3.63, 3.8) is 0 Å². The van der Waals surface area contributed by atoms with E-state index in [0.29, 0.717) is 12.0 Å². The second kappa shape index (κ2) is 4.94. The van der Waals surface area contributed by atoms with Crippen LogP contribution in [0.25, 0.3) is 0 Å². The van der Waals surface area contributed by atoms with Gasteiger partial charge in [0.05, 0.1) is 0 Å². The molecule has 2 aliphatic carbocycles. The van der Waals surface area contributed by atoms with Gasteiger partial charge in [0.2, 0.25) is 0 Å². The molecule has 5 nitrogen and oxygen atoms in total. The molecule has 0 amide bonds. The Morgan fingerprint density at radius 1 is 1.27 bits per heavy atom. The smallest absolute Gasteiger partial charge is 0.362 e. The zero-order chi connectivity index (χ0) is 15.4. The van der Waals surface area contributed by atoms with E-state index in [1.54, 1.807) is 6.07 Å². The Morgan fingerprint density at radius 3 is 2.95 bits per heavy atom. The predicted molar refractivity (Wildman–Crippen MR) is 82.4 cm³/mol. The molecule has 0 radical (unpaired) electrons. The van der Waals surface area contributed by atoms with Crippen LogP contribution in [0.2, 0.25) is 0 Å². The van der Waals surface area contributed by atoms with E-state index < -0.39 is 10.4 Å². The van der Waals surface area contributed by atoms with Crippen molar-refractivity contribution in [1.82, 2.24) is 5.32 Å². The third-order valence-electron chi connectivity index (χ3n) is 5.82. The van der Waals surface area contributed by atoms with Crippen LogP contribution in [0.4, 0.5) is 0 Å². The van der Waals surface area contributed by atoms with Crippen molar-refractivity contribution in [1.29, 1.82) is 0 Å². The van der Waals surface area contributed by atoms with E-state index in [1.807, 2.05) is 12.1 Å². The maximum atomic E-state index is 11.0. The monoisotopic (exact) mass is 323 g/mol. The van der Waals surface area contributed by atoms with Gasteiger partial charge in [-0.2, -0.15) is 8.42 Å². The summed E-state index contributed by atoms with van der Waals surface area (Å²) in [5.41, 5.74) is 2.69. The third kappa shape index (κ3) is 2.25. The minimum atomic E-state index is -4.47. The normalized spacial score (nSPS) is 33.7. The molecule has 2 bridgehead atoms. The second-order valence-corrected chi connectivity index (χ2v) is 7.88. The van der Waals surface area contributed by atoms with Gasteiger partial charge in [0.1, 0.15) is 5.75 Å². The summed E-state index contributed by atoms with van der Waals surface area (Å²) < 4.78 is 35.6. The highest BCUT2D eigenvalue weighted by molar-refractivity contribution is 7.81. The van der Waals surface area contributed by atoms with Gasteiger partial charge in [-0.15, -0.1) is 0 Å². The van der Waals surface area contributed by atoms with Crippen LogP contribution in [0, 0.1) is 5.92 Å². The first kappa shape index (κ1) is 14.5. The molecule has 1 aliphatic heterocycles. The SMILES string of the molecule is O=S(=O)(O)Oc1ccc2c(c1)[C@@]13CCCC[C@H]1[C@@H](C2)NCC3. The lowest BCUT2D eigenvalue weighted by atomic mass is 9.53. The number of rotatable bonds is 2. The summed E-state index contributed by atoms with van der Waals surface area (Å²) >= 11 is 0. The summed E-state index contributed by atoms with van der Waals surface area (Å²) in [5.74, 6) is 0.848. The molecule has 0 aromatic heterocycles. The molecule has 6 heteroatoms. The number of piperidine rings is 1. The van der Waals surface area contributed by atoms with Gasteiger partial charge in [-0.3, -0.25) is 4.55 Å². The van der Waals surface area contributed by atoms with Crippen molar-refractivity contribution >= 4 is 10.4 Å². The highest BCUT2D eigenvalue weighted by Crippen LogP contribution is 2.54. The Kier molecular flexibility index (Phi) is 3.25. The number of hydrogen-bond acceptors (Lipinski definition) is 4. The Bertz CT molecular complexity index is 698. The Morgan fingerprint density at radius 2 is 2.14 bits per heavy atom. The summed E-state index contributed by atoms with van der Waals surface area (Å²) in [5, 5.41) is 3.67. The molecule has 2 N–H and O–H groups in total. The molecular weight excluding hydrogens is 302 g/mol. The highest BCUT2D eigenvalue weighted by atomic mass is 32.3. The van der Waals surface area contributed by atoms with Crippen molar-refractivity contribution in [2.24, 2.45) is 5.92 Å². The Balaban J connectivity index is 1.81. The quantitative estimate of drug-likeness (QED) is 0.816. The first-order valence-corrected chi connectivity index (χ1v) is 9.38. The molecule has 1 saturated heterocycles. The predicted octanol–water partition coefficient (Wildman–Crippen LogP) is 2.21. The molecule has 1 heterocycles. The molecule has 0 unspecified atom stereocenters. The first-order valence-electron chi connectivity index (χ1n) is 8.02. The van der Waals surface area contributed by atoms with Crippen LogP contribution in [0.1, 0.15) is 43.2 Å². The van der Waals surface area contributed by atoms with Crippen molar-refractivity contribution in [2.45, 2.75) is 50.0 Å². The van der Waals surface area contributed by atoms with Gasteiger partial charge in [-0.25, -0.2) is 0 Å². The van der Waals surface area contributed by atoms with Crippen LogP contribution in [-0.4, -0.2) is 25.6 Å². The van der Waals surface area contributed by atoms with Gasteiger partial charge in [0.25, 0.3) is 0 Å². The van der Waals surface area contributed by atoms with E-state index in [4.69, 9.17) is 8.74 Å². The molecule has 3 aliphatic rings. The maximum absolute atomic E-state index is 11.0. The average Bonchev–Trinajstić information content (AvgIpc) is 2.46. The fourth-order valence-electron chi connectivity index (χ4n) is 5.08. The van der Waals surface area contributed by atoms with E-state index >= 15 is 0 Å². The van der Waals surface area contributed by atoms with Gasteiger partial charge >= 0.3 is 10.4 Å². The average molecular weight is 323 g/mol. The lowest BCUT2D eigenvalue weighted by Crippen LogP contribution is -2.59. The zero-order valence-corrected chi connectivity index (χ0v) is 13.2. The molecule has 1 aromatic rings. The van der Waals surface area contributed by atoms with E-state index in [0.717, 1.165) is 25.8 Å². The molecule has 120 valence electrons. The molecule has 22 heavy (non-hydrogen) atoms. The fraction of sp³-hybridized carbons (Fsp3) is 0.625. The van der Waals surface area contributed by atoms with Crippen molar-refractivity contribution in [3.8, 4) is 5.75 Å². The molecule has 3 atom stereocenters. The van der Waals surface area contributed by atoms with Crippen molar-refractivity contribution in [3.05, 3.63) is 29.3 Å². The number of hydrogen-bond donors (Lipinski definition) is 2. The van der Waals surface area contributed by atoms with Gasteiger partial charge in [0.15, 0.2) is 0 Å². The summed E-state index contributed by atoms with van der Waals surface area (Å²) in [4.78, 5) is 0. The number of fused-ring (bicyclic) bond motifs is 1. The van der Waals surface area contributed by atoms with Gasteiger partial charge in [-0.05, 0) is 61.4 Å². The fourth-order valence-corrected chi connectivity index (χ4v) is 5.42. The highest BCUT2D eigenvalue weighted by Gasteiger charge is 2.51. The summed E-state index contributed by atoms with van der Waals surface area (Å²) in [6.45, 7) is 1.02. The molecule has 0 spiro atoms. The Hall–Kier alpha value is -1.11. The molecule has 1 saturated carbocycles. The van der Waals surface area contributed by atoms with Crippen LogP contribution < -0.4 is 9.50 Å². The molecule has 4 rings (SSSR count). The van der Waals surface area contributed by atoms with E-state index in [9.17, 15) is 8.42 Å². The Labute approximate surface area is 131 Å². The molecular formula is C16H21NO4S. The minimum absolute atomic E-state index is 0.153. The molecule has 2 fully saturated rings. The standard InChI is InChI=1S/C16H21NO4S/c18-22(19,20)21-12-5-4-11-9-15-13-3-1-2-6-16(13,7-8-17-15)14(11)10-12/h4-5,10,13,15,17H,1-3,6-9H2,(H,18,19,20)/t13-,15+,16+/m0/s1. The number of nitrogens with one attached hydrogen (secondary N) is 1. The maximum Gasteiger partial charge on any atom is 0.446 e. The zero-order valence-electron chi connectivity index (χ0n) is 12.4. The van der Waals surface area contributed by atoms with Crippen LogP contribution in [0.3, 0.4) is 0 Å². The summed E-state index contributed by atoms with van der Waals surface area (Å²) in [6, 6.07) is 5.99.